The molecule has 0 amide bonds. The number of hydrogen-bond acceptors (Lipinski definition) is 3. The molecule has 2 heterocycles. The Kier molecular flexibility index (Phi) is 3.22. The van der Waals surface area contributed by atoms with Gasteiger partial charge in [0.25, 0.3) is 0 Å². The van der Waals surface area contributed by atoms with Crippen molar-refractivity contribution in [2.75, 3.05) is 0 Å². The van der Waals surface area contributed by atoms with Crippen LogP contribution in [0.25, 0.3) is 11.3 Å². The molecular weight excluding hydrogens is 260 g/mol. The highest BCUT2D eigenvalue weighted by atomic mass is 35.5. The maximum absolute atomic E-state index is 10.8. The number of thiophene rings is 1. The molecule has 0 spiro atoms. The molecule has 0 saturated heterocycles. The van der Waals surface area contributed by atoms with Crippen LogP contribution in [0.4, 0.5) is 0 Å². The molecule has 0 bridgehead atoms. The van der Waals surface area contributed by atoms with Gasteiger partial charge >= 0.3 is 5.97 Å². The zero-order valence-corrected chi connectivity index (χ0v) is 11.0. The zero-order chi connectivity index (χ0) is 12.6. The van der Waals surface area contributed by atoms with E-state index in [2.05, 4.69) is 4.98 Å². The molecule has 0 aliphatic heterocycles. The fourth-order valence-corrected chi connectivity index (χ4v) is 2.86. The predicted octanol–water partition coefficient (Wildman–Crippen LogP) is 2.74. The number of rotatable bonds is 3. The average molecular weight is 271 g/mol. The lowest BCUT2D eigenvalue weighted by Crippen LogP contribution is -2.00. The second-order valence-corrected chi connectivity index (χ2v) is 5.41. The van der Waals surface area contributed by atoms with E-state index in [0.29, 0.717) is 5.28 Å². The largest absolute Gasteiger partial charge is 0.481 e. The zero-order valence-electron chi connectivity index (χ0n) is 9.40. The molecule has 4 nitrogen and oxygen atoms in total. The molecule has 0 aliphatic rings. The van der Waals surface area contributed by atoms with Crippen molar-refractivity contribution in [3.8, 4) is 11.3 Å². The van der Waals surface area contributed by atoms with Crippen LogP contribution in [0.15, 0.2) is 12.3 Å². The van der Waals surface area contributed by atoms with Gasteiger partial charge in [0, 0.05) is 22.4 Å². The number of hydrogen-bond donors (Lipinski definition) is 1. The molecule has 6 heteroatoms. The third-order valence-electron chi connectivity index (χ3n) is 2.45. The van der Waals surface area contributed by atoms with Crippen molar-refractivity contribution < 1.29 is 9.90 Å². The first kappa shape index (κ1) is 12.1. The summed E-state index contributed by atoms with van der Waals surface area (Å²) in [5.41, 5.74) is 1.74. The van der Waals surface area contributed by atoms with Crippen LogP contribution in [0.1, 0.15) is 9.75 Å². The van der Waals surface area contributed by atoms with E-state index in [0.717, 1.165) is 21.0 Å². The van der Waals surface area contributed by atoms with Gasteiger partial charge in [-0.25, -0.2) is 4.98 Å². The van der Waals surface area contributed by atoms with Crippen LogP contribution in [0.3, 0.4) is 0 Å². The minimum absolute atomic E-state index is 0.0244. The summed E-state index contributed by atoms with van der Waals surface area (Å²) in [6.07, 6.45) is 1.69. The molecule has 90 valence electrons. The molecular formula is C11H11ClN2O2S. The van der Waals surface area contributed by atoms with E-state index in [9.17, 15) is 4.79 Å². The Hall–Kier alpha value is -1.33. The van der Waals surface area contributed by atoms with Crippen molar-refractivity contribution in [3.63, 3.8) is 0 Å². The summed E-state index contributed by atoms with van der Waals surface area (Å²) in [6, 6.07) is 1.97. The van der Waals surface area contributed by atoms with E-state index in [-0.39, 0.29) is 6.42 Å². The molecule has 0 atom stereocenters. The van der Waals surface area contributed by atoms with Gasteiger partial charge in [-0.15, -0.1) is 11.3 Å². The monoisotopic (exact) mass is 270 g/mol. The Labute approximate surface area is 107 Å². The lowest BCUT2D eigenvalue weighted by molar-refractivity contribution is -0.136. The highest BCUT2D eigenvalue weighted by Gasteiger charge is 2.16. The first-order chi connectivity index (χ1) is 7.99. The van der Waals surface area contributed by atoms with Crippen LogP contribution >= 0.6 is 22.9 Å². The second kappa shape index (κ2) is 4.50. The van der Waals surface area contributed by atoms with E-state index in [1.807, 2.05) is 20.0 Å². The highest BCUT2D eigenvalue weighted by molar-refractivity contribution is 7.12. The van der Waals surface area contributed by atoms with Gasteiger partial charge in [-0.2, -0.15) is 0 Å². The maximum Gasteiger partial charge on any atom is 0.308 e. The van der Waals surface area contributed by atoms with E-state index >= 15 is 0 Å². The summed E-state index contributed by atoms with van der Waals surface area (Å²) in [7, 11) is 1.81. The normalized spacial score (nSPS) is 10.8. The molecule has 2 rings (SSSR count). The summed E-state index contributed by atoms with van der Waals surface area (Å²) in [6.45, 7) is 1.96. The van der Waals surface area contributed by atoms with Crippen LogP contribution < -0.4 is 0 Å². The summed E-state index contributed by atoms with van der Waals surface area (Å²) < 4.78 is 1.74. The number of aryl methyl sites for hydroxylation is 1. The molecule has 1 N–H and O–H groups in total. The molecule has 2 aromatic rings. The Bertz CT molecular complexity index is 574. The van der Waals surface area contributed by atoms with Crippen LogP contribution in [-0.4, -0.2) is 20.6 Å². The molecule has 0 radical (unpaired) electrons. The quantitative estimate of drug-likeness (QED) is 0.933. The molecule has 0 aliphatic carbocycles. The van der Waals surface area contributed by atoms with Crippen LogP contribution in [0, 0.1) is 6.92 Å². The Morgan fingerprint density at radius 3 is 2.88 bits per heavy atom. The Balaban J connectivity index is 2.51. The number of carboxylic acids is 1. The van der Waals surface area contributed by atoms with Gasteiger partial charge in [-0.3, -0.25) is 4.79 Å². The first-order valence-corrected chi connectivity index (χ1v) is 6.17. The number of aliphatic carboxylic acids is 1. The molecule has 0 saturated carbocycles. The second-order valence-electron chi connectivity index (χ2n) is 3.74. The minimum atomic E-state index is -0.832. The minimum Gasteiger partial charge on any atom is -0.481 e. The van der Waals surface area contributed by atoms with Crippen molar-refractivity contribution in [1.82, 2.24) is 9.55 Å². The first-order valence-electron chi connectivity index (χ1n) is 4.97. The van der Waals surface area contributed by atoms with Crippen LogP contribution in [-0.2, 0) is 18.3 Å². The van der Waals surface area contributed by atoms with Crippen molar-refractivity contribution in [2.45, 2.75) is 13.3 Å². The maximum atomic E-state index is 10.8. The number of halogens is 1. The average Bonchev–Trinajstić information content (AvgIpc) is 2.72. The third kappa shape index (κ3) is 2.35. The summed E-state index contributed by atoms with van der Waals surface area (Å²) in [5, 5.41) is 9.27. The number of carbonyl (C=O) groups is 1. The SMILES string of the molecule is Cc1cc(-c2cnc(Cl)n2C)c(CC(=O)O)s1. The van der Waals surface area contributed by atoms with Gasteiger partial charge in [-0.05, 0) is 24.6 Å². The Morgan fingerprint density at radius 1 is 1.65 bits per heavy atom. The van der Waals surface area contributed by atoms with Crippen LogP contribution in [0.2, 0.25) is 5.28 Å². The van der Waals surface area contributed by atoms with Crippen molar-refractivity contribution in [3.05, 3.63) is 27.3 Å². The molecule has 0 unspecified atom stereocenters. The summed E-state index contributed by atoms with van der Waals surface area (Å²) in [5.74, 6) is -0.832. The molecule has 2 aromatic heterocycles. The van der Waals surface area contributed by atoms with Crippen LogP contribution in [0.5, 0.6) is 0 Å². The van der Waals surface area contributed by atoms with E-state index in [4.69, 9.17) is 16.7 Å². The van der Waals surface area contributed by atoms with Gasteiger partial charge < -0.3 is 9.67 Å². The van der Waals surface area contributed by atoms with Crippen molar-refractivity contribution in [1.29, 1.82) is 0 Å². The van der Waals surface area contributed by atoms with Gasteiger partial charge in [0.2, 0.25) is 5.28 Å². The Morgan fingerprint density at radius 2 is 2.35 bits per heavy atom. The van der Waals surface area contributed by atoms with Gasteiger partial charge in [-0.1, -0.05) is 0 Å². The van der Waals surface area contributed by atoms with Crippen molar-refractivity contribution in [2.24, 2.45) is 7.05 Å². The fourth-order valence-electron chi connectivity index (χ4n) is 1.69. The number of aromatic nitrogens is 2. The number of nitrogens with zero attached hydrogens (tertiary/aromatic N) is 2. The summed E-state index contributed by atoms with van der Waals surface area (Å²) in [4.78, 5) is 16.7. The lowest BCUT2D eigenvalue weighted by atomic mass is 10.1. The number of imidazole rings is 1. The van der Waals surface area contributed by atoms with Gasteiger partial charge in [0.15, 0.2) is 0 Å². The van der Waals surface area contributed by atoms with E-state index in [1.165, 1.54) is 11.3 Å². The van der Waals surface area contributed by atoms with E-state index < -0.39 is 5.97 Å². The standard InChI is InChI=1S/C11H11ClN2O2S/c1-6-3-7(9(17-6)4-10(15)16)8-5-13-11(12)14(8)2/h3,5H,4H2,1-2H3,(H,15,16). The van der Waals surface area contributed by atoms with Gasteiger partial charge in [0.1, 0.15) is 0 Å². The fraction of sp³-hybridized carbons (Fsp3) is 0.273. The number of carboxylic acid groups (broad SMARTS) is 1. The third-order valence-corrected chi connectivity index (χ3v) is 3.85. The molecule has 0 fully saturated rings. The van der Waals surface area contributed by atoms with Crippen molar-refractivity contribution >= 4 is 28.9 Å². The topological polar surface area (TPSA) is 55.1 Å². The smallest absolute Gasteiger partial charge is 0.308 e. The lowest BCUT2D eigenvalue weighted by Gasteiger charge is -2.03. The van der Waals surface area contributed by atoms with E-state index in [1.54, 1.807) is 10.8 Å². The van der Waals surface area contributed by atoms with Gasteiger partial charge in [0.05, 0.1) is 18.3 Å². The summed E-state index contributed by atoms with van der Waals surface area (Å²) >= 11 is 7.37. The predicted molar refractivity (Wildman–Crippen MR) is 67.6 cm³/mol. The molecule has 0 aromatic carbocycles. The molecule has 17 heavy (non-hydrogen) atoms. The highest BCUT2D eigenvalue weighted by Crippen LogP contribution is 2.32.